The van der Waals surface area contributed by atoms with Crippen LogP contribution in [0.1, 0.15) is 29.4 Å². The number of hydrogen-bond donors (Lipinski definition) is 1. The molecule has 2 aromatic rings. The lowest BCUT2D eigenvalue weighted by atomic mass is 9.97. The molecule has 1 heterocycles. The van der Waals surface area contributed by atoms with Crippen molar-refractivity contribution in [3.63, 3.8) is 0 Å². The quantitative estimate of drug-likeness (QED) is 0.880. The Morgan fingerprint density at radius 2 is 1.72 bits per heavy atom. The van der Waals surface area contributed by atoms with Crippen LogP contribution in [0.5, 0.6) is 0 Å². The monoisotopic (exact) mass is 243 g/mol. The predicted molar refractivity (Wildman–Crippen MR) is 76.6 cm³/mol. The molecule has 2 N–H and O–H groups in total. The van der Waals surface area contributed by atoms with Gasteiger partial charge in [-0.15, -0.1) is 0 Å². The lowest BCUT2D eigenvalue weighted by Crippen LogP contribution is -2.01. The Balaban J connectivity index is 2.70. The second kappa shape index (κ2) is 4.48. The van der Waals surface area contributed by atoms with E-state index >= 15 is 0 Å². The number of aryl methyl sites for hydroxylation is 4. The van der Waals surface area contributed by atoms with Gasteiger partial charge < -0.3 is 10.3 Å². The number of aromatic nitrogens is 2. The summed E-state index contributed by atoms with van der Waals surface area (Å²) in [7, 11) is 1.98. The van der Waals surface area contributed by atoms with Gasteiger partial charge in [0.05, 0.1) is 0 Å². The molecule has 96 valence electrons. The minimum atomic E-state index is 0.752. The van der Waals surface area contributed by atoms with Gasteiger partial charge in [-0.3, -0.25) is 0 Å². The maximum atomic E-state index is 6.19. The highest BCUT2D eigenvalue weighted by molar-refractivity contribution is 5.76. The Morgan fingerprint density at radius 3 is 2.17 bits per heavy atom. The Kier molecular flexibility index (Phi) is 3.16. The van der Waals surface area contributed by atoms with Gasteiger partial charge in [-0.05, 0) is 31.9 Å². The van der Waals surface area contributed by atoms with Crippen LogP contribution in [-0.2, 0) is 13.5 Å². The second-order valence-electron chi connectivity index (χ2n) is 4.95. The van der Waals surface area contributed by atoms with Gasteiger partial charge in [-0.2, -0.15) is 0 Å². The number of imidazole rings is 1. The van der Waals surface area contributed by atoms with E-state index in [9.17, 15) is 0 Å². The van der Waals surface area contributed by atoms with Crippen molar-refractivity contribution in [3.8, 4) is 11.3 Å². The zero-order valence-electron chi connectivity index (χ0n) is 11.8. The fraction of sp³-hybridized carbons (Fsp3) is 0.400. The smallest absolute Gasteiger partial charge is 0.131 e. The molecule has 3 heteroatoms. The molecule has 0 amide bonds. The van der Waals surface area contributed by atoms with Crippen LogP contribution in [0.25, 0.3) is 11.3 Å². The van der Waals surface area contributed by atoms with Crippen LogP contribution in [0.15, 0.2) is 12.1 Å². The molecule has 0 saturated heterocycles. The molecule has 3 nitrogen and oxygen atoms in total. The van der Waals surface area contributed by atoms with Crippen molar-refractivity contribution < 1.29 is 0 Å². The van der Waals surface area contributed by atoms with E-state index in [1.807, 2.05) is 11.6 Å². The highest BCUT2D eigenvalue weighted by atomic mass is 15.1. The number of rotatable bonds is 2. The van der Waals surface area contributed by atoms with Crippen LogP contribution in [-0.4, -0.2) is 9.55 Å². The molecule has 0 spiro atoms. The van der Waals surface area contributed by atoms with E-state index in [1.54, 1.807) is 0 Å². The van der Waals surface area contributed by atoms with Crippen LogP contribution < -0.4 is 5.73 Å². The lowest BCUT2D eigenvalue weighted by Gasteiger charge is -2.10. The molecule has 1 aromatic heterocycles. The Labute approximate surface area is 109 Å². The predicted octanol–water partition coefficient (Wildman–Crippen LogP) is 3.16. The molecule has 0 radical (unpaired) electrons. The highest BCUT2D eigenvalue weighted by Gasteiger charge is 2.16. The first-order valence-electron chi connectivity index (χ1n) is 6.35. The van der Waals surface area contributed by atoms with Gasteiger partial charge in [-0.25, -0.2) is 4.98 Å². The van der Waals surface area contributed by atoms with E-state index in [1.165, 1.54) is 22.3 Å². The first-order chi connectivity index (χ1) is 8.45. The number of hydrogen-bond acceptors (Lipinski definition) is 2. The van der Waals surface area contributed by atoms with Gasteiger partial charge in [-0.1, -0.05) is 24.6 Å². The maximum Gasteiger partial charge on any atom is 0.131 e. The topological polar surface area (TPSA) is 43.8 Å². The number of benzene rings is 1. The van der Waals surface area contributed by atoms with Crippen molar-refractivity contribution in [3.05, 3.63) is 34.6 Å². The number of nitrogen functional groups attached to an aromatic ring is 1. The van der Waals surface area contributed by atoms with E-state index in [0.29, 0.717) is 0 Å². The lowest BCUT2D eigenvalue weighted by molar-refractivity contribution is 0.816. The first-order valence-corrected chi connectivity index (χ1v) is 6.35. The van der Waals surface area contributed by atoms with Gasteiger partial charge in [0.15, 0.2) is 0 Å². The SMILES string of the molecule is CCc1nc(-c2c(C)cc(C)cc2C)c(N)n1C. The average Bonchev–Trinajstić information content (AvgIpc) is 2.56. The van der Waals surface area contributed by atoms with Crippen molar-refractivity contribution in [2.75, 3.05) is 5.73 Å². The molecule has 0 saturated carbocycles. The first kappa shape index (κ1) is 12.7. The summed E-state index contributed by atoms with van der Waals surface area (Å²) in [5.41, 5.74) is 12.0. The molecule has 0 fully saturated rings. The summed E-state index contributed by atoms with van der Waals surface area (Å²) in [6.45, 7) is 8.45. The summed E-state index contributed by atoms with van der Waals surface area (Å²) < 4.78 is 1.98. The molecule has 0 aliphatic carbocycles. The molecule has 0 atom stereocenters. The molecular weight excluding hydrogens is 222 g/mol. The van der Waals surface area contributed by atoms with Gasteiger partial charge in [0, 0.05) is 19.0 Å². The molecule has 0 aliphatic heterocycles. The molecule has 18 heavy (non-hydrogen) atoms. The summed E-state index contributed by atoms with van der Waals surface area (Å²) >= 11 is 0. The fourth-order valence-electron chi connectivity index (χ4n) is 2.61. The third-order valence-corrected chi connectivity index (χ3v) is 3.46. The van der Waals surface area contributed by atoms with Gasteiger partial charge in [0.2, 0.25) is 0 Å². The molecular formula is C15H21N3. The minimum Gasteiger partial charge on any atom is -0.383 e. The number of nitrogens with two attached hydrogens (primary N) is 1. The van der Waals surface area contributed by atoms with Crippen LogP contribution in [0, 0.1) is 20.8 Å². The molecule has 0 unspecified atom stereocenters. The summed E-state index contributed by atoms with van der Waals surface area (Å²) in [6.07, 6.45) is 0.894. The molecule has 1 aromatic carbocycles. The van der Waals surface area contributed by atoms with Crippen LogP contribution in [0.3, 0.4) is 0 Å². The van der Waals surface area contributed by atoms with Gasteiger partial charge in [0.25, 0.3) is 0 Å². The van der Waals surface area contributed by atoms with Gasteiger partial charge in [0.1, 0.15) is 17.3 Å². The van der Waals surface area contributed by atoms with Gasteiger partial charge >= 0.3 is 0 Å². The van der Waals surface area contributed by atoms with Crippen LogP contribution in [0.4, 0.5) is 5.82 Å². The third-order valence-electron chi connectivity index (χ3n) is 3.46. The minimum absolute atomic E-state index is 0.752. The van der Waals surface area contributed by atoms with Crippen LogP contribution >= 0.6 is 0 Å². The molecule has 2 rings (SSSR count). The van der Waals surface area contributed by atoms with Crippen LogP contribution in [0.2, 0.25) is 0 Å². The molecule has 0 aliphatic rings. The number of nitrogens with zero attached hydrogens (tertiary/aromatic N) is 2. The fourth-order valence-corrected chi connectivity index (χ4v) is 2.61. The number of anilines is 1. The molecule has 0 bridgehead atoms. The van der Waals surface area contributed by atoms with Crippen molar-refractivity contribution in [2.24, 2.45) is 7.05 Å². The second-order valence-corrected chi connectivity index (χ2v) is 4.95. The summed E-state index contributed by atoms with van der Waals surface area (Å²) in [5, 5.41) is 0. The summed E-state index contributed by atoms with van der Waals surface area (Å²) in [4.78, 5) is 4.69. The normalized spacial score (nSPS) is 10.9. The van der Waals surface area contributed by atoms with Crippen molar-refractivity contribution >= 4 is 5.82 Å². The largest absolute Gasteiger partial charge is 0.383 e. The highest BCUT2D eigenvalue weighted by Crippen LogP contribution is 2.32. The van der Waals surface area contributed by atoms with Crippen molar-refractivity contribution in [1.29, 1.82) is 0 Å². The van der Waals surface area contributed by atoms with E-state index in [2.05, 4.69) is 44.8 Å². The zero-order chi connectivity index (χ0) is 13.4. The Morgan fingerprint density at radius 1 is 1.17 bits per heavy atom. The summed E-state index contributed by atoms with van der Waals surface area (Å²) in [5.74, 6) is 1.78. The van der Waals surface area contributed by atoms with Crippen molar-refractivity contribution in [2.45, 2.75) is 34.1 Å². The van der Waals surface area contributed by atoms with E-state index < -0.39 is 0 Å². The van der Waals surface area contributed by atoms with E-state index in [4.69, 9.17) is 5.73 Å². The maximum absolute atomic E-state index is 6.19. The average molecular weight is 243 g/mol. The van der Waals surface area contributed by atoms with E-state index in [-0.39, 0.29) is 0 Å². The Hall–Kier alpha value is -1.77. The zero-order valence-corrected chi connectivity index (χ0v) is 11.8. The Bertz CT molecular complexity index is 571. The van der Waals surface area contributed by atoms with Crippen molar-refractivity contribution in [1.82, 2.24) is 9.55 Å². The summed E-state index contributed by atoms with van der Waals surface area (Å²) in [6, 6.07) is 4.37. The van der Waals surface area contributed by atoms with E-state index in [0.717, 1.165) is 23.8 Å². The standard InChI is InChI=1S/C15H21N3/c1-6-12-17-14(15(16)18(12)5)13-10(3)7-9(2)8-11(13)4/h7-8H,6,16H2,1-5H3. The third kappa shape index (κ3) is 1.90.